The molecule has 0 aliphatic heterocycles. The van der Waals surface area contributed by atoms with E-state index in [1.165, 1.54) is 10.6 Å². The van der Waals surface area contributed by atoms with E-state index in [0.29, 0.717) is 23.5 Å². The molecule has 0 atom stereocenters. The Bertz CT molecular complexity index is 1190. The Kier molecular flexibility index (Phi) is 7.20. The molecule has 7 heteroatoms. The Balaban J connectivity index is 1.73. The maximum absolute atomic E-state index is 12.6. The first-order valence-corrected chi connectivity index (χ1v) is 12.2. The fraction of sp³-hybridized carbons (Fsp3) is 0.240. The zero-order valence-electron chi connectivity index (χ0n) is 18.8. The minimum atomic E-state index is -3.48. The molecule has 3 aromatic carbocycles. The molecule has 0 saturated heterocycles. The van der Waals surface area contributed by atoms with Crippen LogP contribution in [0, 0.1) is 13.8 Å². The molecule has 0 aliphatic carbocycles. The summed E-state index contributed by atoms with van der Waals surface area (Å²) in [6.45, 7) is 6.62. The van der Waals surface area contributed by atoms with Gasteiger partial charge in [0.25, 0.3) is 5.91 Å². The van der Waals surface area contributed by atoms with Gasteiger partial charge in [-0.05, 0) is 86.0 Å². The number of ether oxygens (including phenoxy) is 1. The van der Waals surface area contributed by atoms with Gasteiger partial charge in [-0.25, -0.2) is 8.42 Å². The van der Waals surface area contributed by atoms with Gasteiger partial charge < -0.3 is 10.1 Å². The lowest BCUT2D eigenvalue weighted by atomic mass is 10.1. The Morgan fingerprint density at radius 1 is 0.938 bits per heavy atom. The van der Waals surface area contributed by atoms with Crippen molar-refractivity contribution in [1.82, 2.24) is 0 Å². The highest BCUT2D eigenvalue weighted by Gasteiger charge is 2.18. The highest BCUT2D eigenvalue weighted by molar-refractivity contribution is 7.92. The summed E-state index contributed by atoms with van der Waals surface area (Å²) in [6, 6.07) is 19.7. The molecule has 0 spiro atoms. The lowest BCUT2D eigenvalue weighted by Gasteiger charge is -2.23. The van der Waals surface area contributed by atoms with Gasteiger partial charge in [-0.3, -0.25) is 9.10 Å². The minimum absolute atomic E-state index is 0.183. The standard InChI is InChI=1S/C25H28N2O4S/c1-5-31-24-14-11-22(12-15-24)26-25(28)21-9-7-20(8-10-21)17-27(32(4,29)30)23-13-6-18(2)19(3)16-23/h6-16H,5,17H2,1-4H3,(H,26,28). The van der Waals surface area contributed by atoms with Crippen molar-refractivity contribution in [2.75, 3.05) is 22.5 Å². The molecule has 0 saturated carbocycles. The molecule has 6 nitrogen and oxygen atoms in total. The average Bonchev–Trinajstić information content (AvgIpc) is 2.75. The first-order chi connectivity index (χ1) is 15.2. The number of nitrogens with zero attached hydrogens (tertiary/aromatic N) is 1. The fourth-order valence-corrected chi connectivity index (χ4v) is 4.09. The second kappa shape index (κ2) is 9.87. The molecule has 32 heavy (non-hydrogen) atoms. The van der Waals surface area contributed by atoms with Crippen molar-refractivity contribution in [2.45, 2.75) is 27.3 Å². The lowest BCUT2D eigenvalue weighted by Crippen LogP contribution is -2.29. The first kappa shape index (κ1) is 23.3. The summed E-state index contributed by atoms with van der Waals surface area (Å²) in [5.74, 6) is 0.504. The predicted molar refractivity (Wildman–Crippen MR) is 129 cm³/mol. The molecule has 1 N–H and O–H groups in total. The van der Waals surface area contributed by atoms with E-state index in [0.717, 1.165) is 22.4 Å². The SMILES string of the molecule is CCOc1ccc(NC(=O)c2ccc(CN(c3ccc(C)c(C)c3)S(C)(=O)=O)cc2)cc1. The van der Waals surface area contributed by atoms with Crippen LogP contribution in [0.2, 0.25) is 0 Å². The summed E-state index contributed by atoms with van der Waals surface area (Å²) in [7, 11) is -3.48. The summed E-state index contributed by atoms with van der Waals surface area (Å²) in [6.07, 6.45) is 1.20. The van der Waals surface area contributed by atoms with Crippen LogP contribution in [0.4, 0.5) is 11.4 Å². The molecule has 0 unspecified atom stereocenters. The predicted octanol–water partition coefficient (Wildman–Crippen LogP) is 4.92. The van der Waals surface area contributed by atoms with Crippen LogP contribution in [0.5, 0.6) is 5.75 Å². The fourth-order valence-electron chi connectivity index (χ4n) is 3.21. The normalized spacial score (nSPS) is 11.1. The van der Waals surface area contributed by atoms with Gasteiger partial charge in [0, 0.05) is 11.3 Å². The smallest absolute Gasteiger partial charge is 0.255 e. The zero-order chi connectivity index (χ0) is 23.3. The quantitative estimate of drug-likeness (QED) is 0.526. The molecule has 0 bridgehead atoms. The van der Waals surface area contributed by atoms with Crippen LogP contribution in [0.1, 0.15) is 34.0 Å². The maximum atomic E-state index is 12.6. The van der Waals surface area contributed by atoms with Gasteiger partial charge in [-0.15, -0.1) is 0 Å². The number of anilines is 2. The van der Waals surface area contributed by atoms with Crippen LogP contribution in [-0.2, 0) is 16.6 Å². The highest BCUT2D eigenvalue weighted by Crippen LogP contribution is 2.24. The third-order valence-corrected chi connectivity index (χ3v) is 6.28. The van der Waals surface area contributed by atoms with Gasteiger partial charge >= 0.3 is 0 Å². The molecule has 3 aromatic rings. The van der Waals surface area contributed by atoms with E-state index in [1.807, 2.05) is 39.0 Å². The molecule has 3 rings (SSSR count). The molecule has 1 amide bonds. The Labute approximate surface area is 189 Å². The average molecular weight is 453 g/mol. The second-order valence-corrected chi connectivity index (χ2v) is 9.55. The number of amides is 1. The van der Waals surface area contributed by atoms with Crippen LogP contribution in [0.3, 0.4) is 0 Å². The van der Waals surface area contributed by atoms with Gasteiger partial charge in [0.2, 0.25) is 10.0 Å². The number of benzene rings is 3. The van der Waals surface area contributed by atoms with Crippen molar-refractivity contribution < 1.29 is 17.9 Å². The van der Waals surface area contributed by atoms with Crippen molar-refractivity contribution in [1.29, 1.82) is 0 Å². The lowest BCUT2D eigenvalue weighted by molar-refractivity contribution is 0.102. The van der Waals surface area contributed by atoms with E-state index in [2.05, 4.69) is 5.32 Å². The summed E-state index contributed by atoms with van der Waals surface area (Å²) in [4.78, 5) is 12.6. The van der Waals surface area contributed by atoms with E-state index in [9.17, 15) is 13.2 Å². The number of nitrogens with one attached hydrogen (secondary N) is 1. The van der Waals surface area contributed by atoms with Crippen LogP contribution in [0.15, 0.2) is 66.7 Å². The summed E-state index contributed by atoms with van der Waals surface area (Å²) < 4.78 is 31.6. The first-order valence-electron chi connectivity index (χ1n) is 10.4. The third kappa shape index (κ3) is 5.88. The number of aryl methyl sites for hydroxylation is 2. The Hall–Kier alpha value is -3.32. The van der Waals surface area contributed by atoms with Gasteiger partial charge in [0.1, 0.15) is 5.75 Å². The number of carbonyl (C=O) groups is 1. The van der Waals surface area contributed by atoms with Gasteiger partial charge in [-0.1, -0.05) is 18.2 Å². The zero-order valence-corrected chi connectivity index (χ0v) is 19.6. The second-order valence-electron chi connectivity index (χ2n) is 7.65. The van der Waals surface area contributed by atoms with E-state index in [4.69, 9.17) is 4.74 Å². The summed E-state index contributed by atoms with van der Waals surface area (Å²) in [5.41, 5.74) is 4.68. The van der Waals surface area contributed by atoms with Gasteiger partial charge in [0.05, 0.1) is 25.1 Å². The van der Waals surface area contributed by atoms with Crippen molar-refractivity contribution in [3.63, 3.8) is 0 Å². The van der Waals surface area contributed by atoms with E-state index in [1.54, 1.807) is 48.5 Å². The van der Waals surface area contributed by atoms with Crippen LogP contribution in [-0.4, -0.2) is 27.2 Å². The summed E-state index contributed by atoms with van der Waals surface area (Å²) in [5, 5.41) is 2.85. The Morgan fingerprint density at radius 2 is 1.59 bits per heavy atom. The van der Waals surface area contributed by atoms with Crippen molar-refractivity contribution >= 4 is 27.3 Å². The monoisotopic (exact) mass is 452 g/mol. The van der Waals surface area contributed by atoms with E-state index < -0.39 is 10.0 Å². The van der Waals surface area contributed by atoms with Crippen LogP contribution in [0.25, 0.3) is 0 Å². The van der Waals surface area contributed by atoms with Crippen LogP contribution >= 0.6 is 0 Å². The molecular formula is C25H28N2O4S. The van der Waals surface area contributed by atoms with E-state index >= 15 is 0 Å². The number of carbonyl (C=O) groups excluding carboxylic acids is 1. The van der Waals surface area contributed by atoms with Gasteiger partial charge in [-0.2, -0.15) is 0 Å². The highest BCUT2D eigenvalue weighted by atomic mass is 32.2. The summed E-state index contributed by atoms with van der Waals surface area (Å²) >= 11 is 0. The minimum Gasteiger partial charge on any atom is -0.494 e. The van der Waals surface area contributed by atoms with Crippen molar-refractivity contribution in [2.24, 2.45) is 0 Å². The van der Waals surface area contributed by atoms with E-state index in [-0.39, 0.29) is 12.5 Å². The number of rotatable bonds is 8. The largest absolute Gasteiger partial charge is 0.494 e. The molecular weight excluding hydrogens is 424 g/mol. The molecule has 0 heterocycles. The van der Waals surface area contributed by atoms with Gasteiger partial charge in [0.15, 0.2) is 0 Å². The molecule has 0 aromatic heterocycles. The number of hydrogen-bond acceptors (Lipinski definition) is 4. The van der Waals surface area contributed by atoms with Crippen molar-refractivity contribution in [3.8, 4) is 5.75 Å². The third-order valence-electron chi connectivity index (χ3n) is 5.14. The number of sulfonamides is 1. The topological polar surface area (TPSA) is 75.7 Å². The van der Waals surface area contributed by atoms with Crippen LogP contribution < -0.4 is 14.4 Å². The Morgan fingerprint density at radius 3 is 2.16 bits per heavy atom. The number of hydrogen-bond donors (Lipinski definition) is 1. The maximum Gasteiger partial charge on any atom is 0.255 e. The molecule has 168 valence electrons. The van der Waals surface area contributed by atoms with Crippen molar-refractivity contribution in [3.05, 3.63) is 89.0 Å². The molecule has 0 radical (unpaired) electrons. The molecule has 0 fully saturated rings. The molecule has 0 aliphatic rings.